The number of hydrogen-bond donors (Lipinski definition) is 0. The smallest absolute Gasteiger partial charge is 0.166 e. The third kappa shape index (κ3) is 1.03. The van der Waals surface area contributed by atoms with Gasteiger partial charge in [-0.15, -0.1) is 0 Å². The Labute approximate surface area is 77.8 Å². The molecule has 0 bridgehead atoms. The van der Waals surface area contributed by atoms with Crippen molar-refractivity contribution in [3.63, 3.8) is 0 Å². The van der Waals surface area contributed by atoms with Crippen molar-refractivity contribution in [1.82, 2.24) is 0 Å². The first kappa shape index (κ1) is 7.31. The summed E-state index contributed by atoms with van der Waals surface area (Å²) in [6.45, 7) is 0. The quantitative estimate of drug-likeness (QED) is 0.636. The van der Waals surface area contributed by atoms with E-state index in [-0.39, 0.29) is 0 Å². The van der Waals surface area contributed by atoms with Crippen LogP contribution in [-0.4, -0.2) is 5.78 Å². The summed E-state index contributed by atoms with van der Waals surface area (Å²) in [5.41, 5.74) is 2.25. The second-order valence-electron chi connectivity index (χ2n) is 4.17. The Hall–Kier alpha value is -1.11. The number of benzene rings is 1. The second kappa shape index (κ2) is 2.44. The van der Waals surface area contributed by atoms with Gasteiger partial charge in [0.05, 0.1) is 0 Å². The number of Topliss-reactive ketones (excluding diaryl/α,β-unsaturated/α-hetero) is 1. The lowest BCUT2D eigenvalue weighted by molar-refractivity contribution is 0.0923. The summed E-state index contributed by atoms with van der Waals surface area (Å²) in [6, 6.07) is 8.06. The molecule has 66 valence electrons. The SMILES string of the molecule is O=C1c2ccccc2CC1C1CC1. The van der Waals surface area contributed by atoms with Crippen LogP contribution in [0.25, 0.3) is 0 Å². The third-order valence-corrected chi connectivity index (χ3v) is 3.25. The topological polar surface area (TPSA) is 17.1 Å². The molecule has 0 aromatic heterocycles. The van der Waals surface area contributed by atoms with E-state index in [1.807, 2.05) is 18.2 Å². The molecule has 1 heteroatoms. The van der Waals surface area contributed by atoms with Gasteiger partial charge in [0, 0.05) is 11.5 Å². The molecule has 1 nitrogen and oxygen atoms in total. The molecular weight excluding hydrogens is 160 g/mol. The largest absolute Gasteiger partial charge is 0.294 e. The number of carbonyl (C=O) groups excluding carboxylic acids is 1. The maximum atomic E-state index is 11.9. The third-order valence-electron chi connectivity index (χ3n) is 3.25. The van der Waals surface area contributed by atoms with Crippen molar-refractivity contribution in [2.24, 2.45) is 11.8 Å². The molecule has 0 spiro atoms. The van der Waals surface area contributed by atoms with Gasteiger partial charge in [-0.2, -0.15) is 0 Å². The van der Waals surface area contributed by atoms with Gasteiger partial charge in [-0.05, 0) is 30.7 Å². The molecule has 1 atom stereocenters. The van der Waals surface area contributed by atoms with Crippen molar-refractivity contribution in [1.29, 1.82) is 0 Å². The molecule has 0 radical (unpaired) electrons. The van der Waals surface area contributed by atoms with E-state index in [2.05, 4.69) is 6.07 Å². The first-order valence-corrected chi connectivity index (χ1v) is 4.98. The Morgan fingerprint density at radius 1 is 1.15 bits per heavy atom. The van der Waals surface area contributed by atoms with Crippen LogP contribution in [-0.2, 0) is 6.42 Å². The molecule has 1 unspecified atom stereocenters. The van der Waals surface area contributed by atoms with Crippen molar-refractivity contribution in [3.05, 3.63) is 35.4 Å². The maximum Gasteiger partial charge on any atom is 0.166 e. The van der Waals surface area contributed by atoms with Gasteiger partial charge in [-0.25, -0.2) is 0 Å². The van der Waals surface area contributed by atoms with Crippen LogP contribution in [0.2, 0.25) is 0 Å². The van der Waals surface area contributed by atoms with Gasteiger partial charge in [0.2, 0.25) is 0 Å². The number of fused-ring (bicyclic) bond motifs is 1. The first-order valence-electron chi connectivity index (χ1n) is 4.98. The lowest BCUT2D eigenvalue weighted by Crippen LogP contribution is -2.10. The molecule has 0 N–H and O–H groups in total. The van der Waals surface area contributed by atoms with Crippen molar-refractivity contribution in [2.45, 2.75) is 19.3 Å². The average molecular weight is 172 g/mol. The summed E-state index contributed by atoms with van der Waals surface area (Å²) in [5.74, 6) is 1.44. The van der Waals surface area contributed by atoms with E-state index < -0.39 is 0 Å². The number of carbonyl (C=O) groups is 1. The Balaban J connectivity index is 2.01. The second-order valence-corrected chi connectivity index (χ2v) is 4.17. The van der Waals surface area contributed by atoms with Gasteiger partial charge in [0.1, 0.15) is 0 Å². The highest BCUT2D eigenvalue weighted by Crippen LogP contribution is 2.43. The minimum atomic E-state index is 0.331. The van der Waals surface area contributed by atoms with E-state index in [1.54, 1.807) is 0 Å². The van der Waals surface area contributed by atoms with E-state index in [0.29, 0.717) is 17.6 Å². The van der Waals surface area contributed by atoms with Crippen LogP contribution in [0.1, 0.15) is 28.8 Å². The molecular formula is C12H12O. The monoisotopic (exact) mass is 172 g/mol. The molecule has 1 aromatic carbocycles. The van der Waals surface area contributed by atoms with Crippen LogP contribution in [0.4, 0.5) is 0 Å². The Kier molecular flexibility index (Phi) is 1.37. The van der Waals surface area contributed by atoms with Gasteiger partial charge in [0.15, 0.2) is 5.78 Å². The molecule has 0 aliphatic heterocycles. The van der Waals surface area contributed by atoms with Crippen LogP contribution >= 0.6 is 0 Å². The predicted octanol–water partition coefficient (Wildman–Crippen LogP) is 2.45. The van der Waals surface area contributed by atoms with Crippen molar-refractivity contribution < 1.29 is 4.79 Å². The lowest BCUT2D eigenvalue weighted by Gasteiger charge is -2.02. The fraction of sp³-hybridized carbons (Fsp3) is 0.417. The van der Waals surface area contributed by atoms with E-state index in [1.165, 1.54) is 18.4 Å². The Morgan fingerprint density at radius 2 is 1.92 bits per heavy atom. The van der Waals surface area contributed by atoms with Crippen LogP contribution in [0.5, 0.6) is 0 Å². The lowest BCUT2D eigenvalue weighted by atomic mass is 10.00. The van der Waals surface area contributed by atoms with Crippen LogP contribution in [0.15, 0.2) is 24.3 Å². The fourth-order valence-corrected chi connectivity index (χ4v) is 2.35. The summed E-state index contributed by atoms with van der Waals surface area (Å²) < 4.78 is 0. The summed E-state index contributed by atoms with van der Waals surface area (Å²) in [4.78, 5) is 11.9. The van der Waals surface area contributed by atoms with E-state index in [9.17, 15) is 4.79 Å². The Morgan fingerprint density at radius 3 is 2.62 bits per heavy atom. The molecule has 0 heterocycles. The average Bonchev–Trinajstić information content (AvgIpc) is 2.94. The van der Waals surface area contributed by atoms with E-state index >= 15 is 0 Å². The molecule has 0 saturated heterocycles. The summed E-state index contributed by atoms with van der Waals surface area (Å²) in [7, 11) is 0. The normalized spacial score (nSPS) is 26.2. The molecule has 2 aliphatic carbocycles. The van der Waals surface area contributed by atoms with Crippen molar-refractivity contribution in [3.8, 4) is 0 Å². The highest BCUT2D eigenvalue weighted by Gasteiger charge is 2.40. The highest BCUT2D eigenvalue weighted by molar-refractivity contribution is 6.02. The standard InChI is InChI=1S/C12H12O/c13-12-10-4-2-1-3-9(10)7-11(12)8-5-6-8/h1-4,8,11H,5-7H2. The first-order chi connectivity index (χ1) is 6.36. The zero-order chi connectivity index (χ0) is 8.84. The molecule has 1 fully saturated rings. The number of rotatable bonds is 1. The van der Waals surface area contributed by atoms with E-state index in [4.69, 9.17) is 0 Å². The zero-order valence-electron chi connectivity index (χ0n) is 7.49. The molecule has 13 heavy (non-hydrogen) atoms. The molecule has 3 rings (SSSR count). The van der Waals surface area contributed by atoms with Crippen LogP contribution < -0.4 is 0 Å². The van der Waals surface area contributed by atoms with Gasteiger partial charge < -0.3 is 0 Å². The molecule has 2 aliphatic rings. The number of ketones is 1. The van der Waals surface area contributed by atoms with E-state index in [0.717, 1.165) is 12.0 Å². The van der Waals surface area contributed by atoms with Crippen molar-refractivity contribution >= 4 is 5.78 Å². The minimum absolute atomic E-state index is 0.331. The summed E-state index contributed by atoms with van der Waals surface area (Å²) in [6.07, 6.45) is 3.54. The van der Waals surface area contributed by atoms with Crippen molar-refractivity contribution in [2.75, 3.05) is 0 Å². The van der Waals surface area contributed by atoms with Gasteiger partial charge >= 0.3 is 0 Å². The van der Waals surface area contributed by atoms with Gasteiger partial charge in [-0.1, -0.05) is 24.3 Å². The van der Waals surface area contributed by atoms with Crippen LogP contribution in [0.3, 0.4) is 0 Å². The fourth-order valence-electron chi connectivity index (χ4n) is 2.35. The summed E-state index contributed by atoms with van der Waals surface area (Å²) in [5, 5.41) is 0. The zero-order valence-corrected chi connectivity index (χ0v) is 7.49. The molecule has 0 amide bonds. The minimum Gasteiger partial charge on any atom is -0.294 e. The predicted molar refractivity (Wildman–Crippen MR) is 50.7 cm³/mol. The molecule has 1 aromatic rings. The van der Waals surface area contributed by atoms with Gasteiger partial charge in [0.25, 0.3) is 0 Å². The number of hydrogen-bond acceptors (Lipinski definition) is 1. The molecule has 1 saturated carbocycles. The Bertz CT molecular complexity index is 363. The van der Waals surface area contributed by atoms with Crippen LogP contribution in [0, 0.1) is 11.8 Å². The highest BCUT2D eigenvalue weighted by atomic mass is 16.1. The van der Waals surface area contributed by atoms with Gasteiger partial charge in [-0.3, -0.25) is 4.79 Å². The maximum absolute atomic E-state index is 11.9. The summed E-state index contributed by atoms with van der Waals surface area (Å²) >= 11 is 0.